The predicted molar refractivity (Wildman–Crippen MR) is 136 cm³/mol. The number of hydrogen-bond donors (Lipinski definition) is 4. The molecular formula is C25H20ClFN8O2. The van der Waals surface area contributed by atoms with Gasteiger partial charge in [0.05, 0.1) is 6.20 Å². The van der Waals surface area contributed by atoms with Gasteiger partial charge in [-0.05, 0) is 59.9 Å². The van der Waals surface area contributed by atoms with Crippen molar-refractivity contribution in [3.63, 3.8) is 0 Å². The molecular weight excluding hydrogens is 499 g/mol. The van der Waals surface area contributed by atoms with Gasteiger partial charge in [-0.3, -0.25) is 10.1 Å². The van der Waals surface area contributed by atoms with Gasteiger partial charge in [0.1, 0.15) is 11.5 Å². The molecule has 1 aliphatic carbocycles. The fourth-order valence-electron chi connectivity index (χ4n) is 4.02. The molecule has 1 aliphatic heterocycles. The molecule has 3 heterocycles. The Morgan fingerprint density at radius 3 is 2.76 bits per heavy atom. The van der Waals surface area contributed by atoms with E-state index in [-0.39, 0.29) is 11.5 Å². The maximum absolute atomic E-state index is 14.1. The van der Waals surface area contributed by atoms with E-state index in [4.69, 9.17) is 11.6 Å². The van der Waals surface area contributed by atoms with Crippen LogP contribution in [0.1, 0.15) is 24.0 Å². The Labute approximate surface area is 215 Å². The minimum atomic E-state index is -0.587. The number of carbonyl (C=O) groups excluding carboxylic acids is 2. The first kappa shape index (κ1) is 22.9. The van der Waals surface area contributed by atoms with Crippen LogP contribution >= 0.6 is 11.6 Å². The zero-order valence-electron chi connectivity index (χ0n) is 19.3. The maximum atomic E-state index is 14.1. The third-order valence-corrected chi connectivity index (χ3v) is 6.21. The molecule has 2 fully saturated rings. The average molecular weight is 519 g/mol. The van der Waals surface area contributed by atoms with E-state index in [0.717, 1.165) is 24.0 Å². The second-order valence-corrected chi connectivity index (χ2v) is 9.19. The summed E-state index contributed by atoms with van der Waals surface area (Å²) in [7, 11) is 0. The zero-order chi connectivity index (χ0) is 25.5. The van der Waals surface area contributed by atoms with Gasteiger partial charge in [0.2, 0.25) is 11.9 Å². The van der Waals surface area contributed by atoms with Crippen LogP contribution in [-0.2, 0) is 11.3 Å². The summed E-state index contributed by atoms with van der Waals surface area (Å²) in [6.07, 6.45) is 5.11. The Bertz CT molecular complexity index is 1600. The van der Waals surface area contributed by atoms with E-state index in [1.54, 1.807) is 28.9 Å². The molecule has 6 rings (SSSR count). The van der Waals surface area contributed by atoms with Crippen molar-refractivity contribution in [1.82, 2.24) is 30.2 Å². The summed E-state index contributed by atoms with van der Waals surface area (Å²) >= 11 is 6.16. The lowest BCUT2D eigenvalue weighted by Crippen LogP contribution is -2.22. The van der Waals surface area contributed by atoms with Gasteiger partial charge in [-0.15, -0.1) is 0 Å². The molecule has 1 saturated carbocycles. The van der Waals surface area contributed by atoms with Crippen molar-refractivity contribution < 1.29 is 14.0 Å². The molecule has 0 radical (unpaired) electrons. The SMILES string of the molecule is O=C1NC(=O)C(=Cc2cnn3c(NC4CC4)nc(NCc4ccc(F)cc4-c4cccc(Cl)c4)nc23)N1. The van der Waals surface area contributed by atoms with Crippen molar-refractivity contribution in [2.75, 3.05) is 10.6 Å². The fraction of sp³-hybridized carbons (Fsp3) is 0.160. The predicted octanol–water partition coefficient (Wildman–Crippen LogP) is 3.95. The van der Waals surface area contributed by atoms with E-state index in [2.05, 4.69) is 36.3 Å². The highest BCUT2D eigenvalue weighted by molar-refractivity contribution is 6.30. The zero-order valence-corrected chi connectivity index (χ0v) is 20.0. The lowest BCUT2D eigenvalue weighted by Gasteiger charge is -2.13. The molecule has 4 aromatic rings. The third kappa shape index (κ3) is 4.81. The smallest absolute Gasteiger partial charge is 0.326 e. The van der Waals surface area contributed by atoms with E-state index in [9.17, 15) is 14.0 Å². The van der Waals surface area contributed by atoms with Gasteiger partial charge in [-0.1, -0.05) is 29.8 Å². The number of fused-ring (bicyclic) bond motifs is 1. The van der Waals surface area contributed by atoms with Crippen LogP contribution in [0.15, 0.2) is 54.4 Å². The second kappa shape index (κ2) is 9.17. The molecule has 0 atom stereocenters. The van der Waals surface area contributed by atoms with Gasteiger partial charge in [0.25, 0.3) is 5.91 Å². The first-order valence-corrected chi connectivity index (χ1v) is 12.0. The van der Waals surface area contributed by atoms with Crippen LogP contribution < -0.4 is 21.3 Å². The van der Waals surface area contributed by atoms with Gasteiger partial charge in [-0.2, -0.15) is 19.6 Å². The van der Waals surface area contributed by atoms with Crippen LogP contribution in [0.25, 0.3) is 22.9 Å². The summed E-state index contributed by atoms with van der Waals surface area (Å²) in [5, 5.41) is 16.1. The highest BCUT2D eigenvalue weighted by Gasteiger charge is 2.26. The number of halogens is 2. The number of aromatic nitrogens is 4. The van der Waals surface area contributed by atoms with Gasteiger partial charge in [0.15, 0.2) is 5.65 Å². The van der Waals surface area contributed by atoms with Gasteiger partial charge in [0, 0.05) is 23.2 Å². The third-order valence-electron chi connectivity index (χ3n) is 5.97. The van der Waals surface area contributed by atoms with Crippen molar-refractivity contribution in [2.45, 2.75) is 25.4 Å². The van der Waals surface area contributed by atoms with Gasteiger partial charge < -0.3 is 16.0 Å². The molecule has 186 valence electrons. The number of anilines is 2. The maximum Gasteiger partial charge on any atom is 0.326 e. The number of carbonyl (C=O) groups is 2. The minimum absolute atomic E-state index is 0.0993. The Balaban J connectivity index is 1.35. The van der Waals surface area contributed by atoms with Crippen molar-refractivity contribution >= 4 is 47.2 Å². The summed E-state index contributed by atoms with van der Waals surface area (Å²) in [5.74, 6) is -0.0731. The van der Waals surface area contributed by atoms with Crippen LogP contribution in [0.5, 0.6) is 0 Å². The summed E-state index contributed by atoms with van der Waals surface area (Å²) in [5.41, 5.74) is 3.38. The molecule has 3 amide bonds. The molecule has 10 nitrogen and oxygen atoms in total. The number of rotatable bonds is 7. The lowest BCUT2D eigenvalue weighted by atomic mass is 9.99. The van der Waals surface area contributed by atoms with Crippen LogP contribution in [-0.4, -0.2) is 37.6 Å². The standard InChI is InChI=1S/C25H20ClFN8O2/c26-16-3-1-2-13(8-16)19-10-17(27)5-4-14(19)11-28-23-32-21-15(9-20-22(36)33-25(37)31-20)12-29-35(21)24(34-23)30-18-6-7-18/h1-5,8-10,12,18H,6-7,11H2,(H2,28,30,32,34)(H2,31,33,36,37). The Morgan fingerprint density at radius 2 is 2.00 bits per heavy atom. The van der Waals surface area contributed by atoms with Crippen molar-refractivity contribution in [3.8, 4) is 11.1 Å². The average Bonchev–Trinajstić information content (AvgIpc) is 3.51. The number of imide groups is 1. The number of nitrogens with one attached hydrogen (secondary N) is 4. The van der Waals surface area contributed by atoms with E-state index in [1.807, 2.05) is 12.1 Å². The minimum Gasteiger partial charge on any atom is -0.351 e. The van der Waals surface area contributed by atoms with E-state index < -0.39 is 11.9 Å². The normalized spacial score (nSPS) is 16.2. The molecule has 0 spiro atoms. The molecule has 12 heteroatoms. The van der Waals surface area contributed by atoms with Crippen LogP contribution in [0.3, 0.4) is 0 Å². The quantitative estimate of drug-likeness (QED) is 0.215. The fourth-order valence-corrected chi connectivity index (χ4v) is 4.21. The number of hydrogen-bond acceptors (Lipinski definition) is 7. The molecule has 0 unspecified atom stereocenters. The van der Waals surface area contributed by atoms with E-state index in [1.165, 1.54) is 18.2 Å². The summed E-state index contributed by atoms with van der Waals surface area (Å²) in [6.45, 7) is 0.310. The molecule has 0 bridgehead atoms. The van der Waals surface area contributed by atoms with Crippen molar-refractivity contribution in [3.05, 3.63) is 76.3 Å². The molecule has 2 aliphatic rings. The van der Waals surface area contributed by atoms with Gasteiger partial charge in [-0.25, -0.2) is 9.18 Å². The molecule has 4 N–H and O–H groups in total. The number of urea groups is 1. The topological polar surface area (TPSA) is 125 Å². The lowest BCUT2D eigenvalue weighted by molar-refractivity contribution is -0.115. The van der Waals surface area contributed by atoms with E-state index in [0.29, 0.717) is 46.3 Å². The number of benzene rings is 2. The molecule has 2 aromatic carbocycles. The number of amides is 3. The highest BCUT2D eigenvalue weighted by atomic mass is 35.5. The summed E-state index contributed by atoms with van der Waals surface area (Å²) in [6, 6.07) is 11.5. The van der Waals surface area contributed by atoms with Crippen LogP contribution in [0.4, 0.5) is 21.1 Å². The first-order chi connectivity index (χ1) is 17.9. The van der Waals surface area contributed by atoms with Crippen molar-refractivity contribution in [1.29, 1.82) is 0 Å². The summed E-state index contributed by atoms with van der Waals surface area (Å²) in [4.78, 5) is 32.7. The largest absolute Gasteiger partial charge is 0.351 e. The van der Waals surface area contributed by atoms with Crippen LogP contribution in [0.2, 0.25) is 5.02 Å². The molecule has 2 aromatic heterocycles. The Morgan fingerprint density at radius 1 is 1.14 bits per heavy atom. The second-order valence-electron chi connectivity index (χ2n) is 8.76. The molecule has 37 heavy (non-hydrogen) atoms. The highest BCUT2D eigenvalue weighted by Crippen LogP contribution is 2.29. The first-order valence-electron chi connectivity index (χ1n) is 11.6. The monoisotopic (exact) mass is 518 g/mol. The van der Waals surface area contributed by atoms with E-state index >= 15 is 0 Å². The Hall–Kier alpha value is -4.51. The van der Waals surface area contributed by atoms with Gasteiger partial charge >= 0.3 is 6.03 Å². The molecule has 1 saturated heterocycles. The van der Waals surface area contributed by atoms with Crippen LogP contribution in [0, 0.1) is 5.82 Å². The summed E-state index contributed by atoms with van der Waals surface area (Å²) < 4.78 is 15.7. The van der Waals surface area contributed by atoms with Crippen molar-refractivity contribution in [2.24, 2.45) is 0 Å². The Kier molecular flexibility index (Phi) is 5.68. The number of nitrogens with zero attached hydrogens (tertiary/aromatic N) is 4.